The van der Waals surface area contributed by atoms with Crippen molar-refractivity contribution in [3.8, 4) is 5.88 Å². The number of amides is 2. The Morgan fingerprint density at radius 1 is 1.32 bits per heavy atom. The molecule has 118 valence electrons. The van der Waals surface area contributed by atoms with Crippen molar-refractivity contribution < 1.29 is 14.3 Å². The molecular weight excluding hydrogens is 284 g/mol. The number of hydrogen-bond acceptors (Lipinski definition) is 5. The lowest BCUT2D eigenvalue weighted by molar-refractivity contribution is -0.135. The van der Waals surface area contributed by atoms with E-state index in [1.165, 1.54) is 0 Å². The van der Waals surface area contributed by atoms with Crippen molar-refractivity contribution in [3.05, 3.63) is 17.8 Å². The van der Waals surface area contributed by atoms with E-state index in [0.29, 0.717) is 31.9 Å². The fraction of sp³-hybridized carbons (Fsp3) is 0.600. The summed E-state index contributed by atoms with van der Waals surface area (Å²) in [4.78, 5) is 27.4. The van der Waals surface area contributed by atoms with E-state index in [2.05, 4.69) is 10.2 Å². The topological polar surface area (TPSA) is 75.6 Å². The van der Waals surface area contributed by atoms with Gasteiger partial charge in [-0.05, 0) is 13.0 Å². The Morgan fingerprint density at radius 3 is 2.77 bits per heavy atom. The van der Waals surface area contributed by atoms with Gasteiger partial charge in [-0.3, -0.25) is 9.59 Å². The van der Waals surface area contributed by atoms with Crippen LogP contribution in [0.2, 0.25) is 0 Å². The predicted molar refractivity (Wildman–Crippen MR) is 78.1 cm³/mol. The van der Waals surface area contributed by atoms with Gasteiger partial charge in [0.2, 0.25) is 17.7 Å². The first kappa shape index (κ1) is 14.7. The predicted octanol–water partition coefficient (Wildman–Crippen LogP) is 0.243. The van der Waals surface area contributed by atoms with Gasteiger partial charge < -0.3 is 14.5 Å². The smallest absolute Gasteiger partial charge is 0.233 e. The summed E-state index contributed by atoms with van der Waals surface area (Å²) in [6.07, 6.45) is 1.04. The van der Waals surface area contributed by atoms with Crippen molar-refractivity contribution in [2.24, 2.45) is 5.92 Å². The van der Waals surface area contributed by atoms with Gasteiger partial charge in [-0.25, -0.2) is 0 Å². The molecule has 3 heterocycles. The Balaban J connectivity index is 1.54. The van der Waals surface area contributed by atoms with E-state index >= 15 is 0 Å². The van der Waals surface area contributed by atoms with Crippen LogP contribution in [0, 0.1) is 12.8 Å². The van der Waals surface area contributed by atoms with Gasteiger partial charge in [-0.2, -0.15) is 5.10 Å². The van der Waals surface area contributed by atoms with Crippen LogP contribution in [0.5, 0.6) is 5.88 Å². The average Bonchev–Trinajstić information content (AvgIpc) is 3.08. The van der Waals surface area contributed by atoms with E-state index in [0.717, 1.165) is 12.1 Å². The second-order valence-electron chi connectivity index (χ2n) is 6.00. The summed E-state index contributed by atoms with van der Waals surface area (Å²) in [7, 11) is 1.74. The molecule has 0 bridgehead atoms. The number of aryl methyl sites for hydroxylation is 1. The lowest BCUT2D eigenvalue weighted by Gasteiger charge is -2.20. The first-order valence-electron chi connectivity index (χ1n) is 7.52. The number of likely N-dealkylation sites (tertiary alicyclic amines) is 2. The first-order valence-corrected chi connectivity index (χ1v) is 7.52. The van der Waals surface area contributed by atoms with Crippen LogP contribution in [0.25, 0.3) is 0 Å². The molecule has 22 heavy (non-hydrogen) atoms. The standard InChI is InChI=1S/C15H20N4O3/c1-10-3-4-13(17-16-10)22-12-5-6-19(9-12)15(21)11-7-14(20)18(2)8-11/h3-4,11-12H,5-9H2,1-2H3/t11-,12-/m0/s1. The average molecular weight is 304 g/mol. The zero-order valence-corrected chi connectivity index (χ0v) is 12.9. The second kappa shape index (κ2) is 5.90. The van der Waals surface area contributed by atoms with Crippen molar-refractivity contribution in [2.45, 2.75) is 25.9 Å². The molecule has 2 amide bonds. The van der Waals surface area contributed by atoms with Crippen LogP contribution < -0.4 is 4.74 Å². The van der Waals surface area contributed by atoms with E-state index < -0.39 is 0 Å². The normalized spacial score (nSPS) is 24.9. The van der Waals surface area contributed by atoms with Gasteiger partial charge in [0.25, 0.3) is 0 Å². The Labute approximate surface area is 129 Å². The van der Waals surface area contributed by atoms with Gasteiger partial charge in [0.15, 0.2) is 0 Å². The molecule has 0 N–H and O–H groups in total. The first-order chi connectivity index (χ1) is 10.5. The quantitative estimate of drug-likeness (QED) is 0.800. The molecule has 0 spiro atoms. The third-order valence-corrected chi connectivity index (χ3v) is 4.21. The van der Waals surface area contributed by atoms with Crippen LogP contribution >= 0.6 is 0 Å². The van der Waals surface area contributed by atoms with E-state index in [1.54, 1.807) is 22.9 Å². The molecule has 0 aliphatic carbocycles. The van der Waals surface area contributed by atoms with Crippen LogP contribution in [-0.4, -0.2) is 64.6 Å². The van der Waals surface area contributed by atoms with E-state index in [-0.39, 0.29) is 23.8 Å². The summed E-state index contributed by atoms with van der Waals surface area (Å²) < 4.78 is 5.77. The summed E-state index contributed by atoms with van der Waals surface area (Å²) in [6.45, 7) is 3.59. The van der Waals surface area contributed by atoms with Gasteiger partial charge in [0.1, 0.15) is 6.10 Å². The van der Waals surface area contributed by atoms with Crippen molar-refractivity contribution in [2.75, 3.05) is 26.7 Å². The minimum atomic E-state index is -0.213. The molecule has 7 nitrogen and oxygen atoms in total. The lowest BCUT2D eigenvalue weighted by Crippen LogP contribution is -2.36. The second-order valence-corrected chi connectivity index (χ2v) is 6.00. The number of carbonyl (C=O) groups is 2. The summed E-state index contributed by atoms with van der Waals surface area (Å²) in [5.41, 5.74) is 0.839. The highest BCUT2D eigenvalue weighted by Gasteiger charge is 2.37. The van der Waals surface area contributed by atoms with Crippen LogP contribution in [0.1, 0.15) is 18.5 Å². The van der Waals surface area contributed by atoms with Crippen LogP contribution in [-0.2, 0) is 9.59 Å². The minimum absolute atomic E-state index is 0.0419. The molecule has 0 saturated carbocycles. The van der Waals surface area contributed by atoms with E-state index in [4.69, 9.17) is 4.74 Å². The summed E-state index contributed by atoms with van der Waals surface area (Å²) >= 11 is 0. The number of carbonyl (C=O) groups excluding carboxylic acids is 2. The molecule has 2 aliphatic heterocycles. The highest BCUT2D eigenvalue weighted by molar-refractivity contribution is 5.89. The number of ether oxygens (including phenoxy) is 1. The fourth-order valence-corrected chi connectivity index (χ4v) is 2.93. The molecule has 0 aromatic carbocycles. The molecule has 2 fully saturated rings. The SMILES string of the molecule is Cc1ccc(O[C@H]2CCN(C(=O)[C@H]3CC(=O)N(C)C3)C2)nn1. The zero-order chi connectivity index (χ0) is 15.7. The molecule has 3 rings (SSSR count). The van der Waals surface area contributed by atoms with Crippen LogP contribution in [0.3, 0.4) is 0 Å². The number of hydrogen-bond donors (Lipinski definition) is 0. The van der Waals surface area contributed by atoms with Gasteiger partial charge in [0, 0.05) is 39.0 Å². The molecule has 2 aliphatic rings. The van der Waals surface area contributed by atoms with Crippen LogP contribution in [0.15, 0.2) is 12.1 Å². The van der Waals surface area contributed by atoms with Crippen molar-refractivity contribution in [3.63, 3.8) is 0 Å². The van der Waals surface area contributed by atoms with Crippen molar-refractivity contribution in [1.29, 1.82) is 0 Å². The number of rotatable bonds is 3. The highest BCUT2D eigenvalue weighted by Crippen LogP contribution is 2.22. The molecule has 7 heteroatoms. The molecule has 2 saturated heterocycles. The van der Waals surface area contributed by atoms with Gasteiger partial charge >= 0.3 is 0 Å². The fourth-order valence-electron chi connectivity index (χ4n) is 2.93. The molecule has 0 radical (unpaired) electrons. The van der Waals surface area contributed by atoms with Gasteiger partial charge in [-0.1, -0.05) is 0 Å². The summed E-state index contributed by atoms with van der Waals surface area (Å²) in [6, 6.07) is 3.64. The summed E-state index contributed by atoms with van der Waals surface area (Å²) in [5.74, 6) is 0.371. The minimum Gasteiger partial charge on any atom is -0.471 e. The van der Waals surface area contributed by atoms with Crippen LogP contribution in [0.4, 0.5) is 0 Å². The maximum absolute atomic E-state index is 12.4. The molecule has 0 unspecified atom stereocenters. The third kappa shape index (κ3) is 3.03. The molecule has 1 aromatic heterocycles. The maximum Gasteiger partial charge on any atom is 0.233 e. The molecular formula is C15H20N4O3. The largest absolute Gasteiger partial charge is 0.471 e. The van der Waals surface area contributed by atoms with E-state index in [9.17, 15) is 9.59 Å². The number of nitrogens with zero attached hydrogens (tertiary/aromatic N) is 4. The van der Waals surface area contributed by atoms with E-state index in [1.807, 2.05) is 13.0 Å². The Kier molecular flexibility index (Phi) is 3.96. The monoisotopic (exact) mass is 304 g/mol. The molecule has 2 atom stereocenters. The Hall–Kier alpha value is -2.18. The Bertz CT molecular complexity index is 575. The summed E-state index contributed by atoms with van der Waals surface area (Å²) in [5, 5.41) is 7.94. The Morgan fingerprint density at radius 2 is 2.14 bits per heavy atom. The number of aromatic nitrogens is 2. The van der Waals surface area contributed by atoms with Crippen molar-refractivity contribution in [1.82, 2.24) is 20.0 Å². The van der Waals surface area contributed by atoms with Gasteiger partial charge in [0.05, 0.1) is 18.2 Å². The lowest BCUT2D eigenvalue weighted by atomic mass is 10.1. The highest BCUT2D eigenvalue weighted by atomic mass is 16.5. The third-order valence-electron chi connectivity index (χ3n) is 4.21. The molecule has 1 aromatic rings. The van der Waals surface area contributed by atoms with Crippen molar-refractivity contribution >= 4 is 11.8 Å². The van der Waals surface area contributed by atoms with Gasteiger partial charge in [-0.15, -0.1) is 5.10 Å². The zero-order valence-electron chi connectivity index (χ0n) is 12.9. The maximum atomic E-state index is 12.4.